The fourth-order valence-corrected chi connectivity index (χ4v) is 1.81. The second-order valence-electron chi connectivity index (χ2n) is 4.21. The molecule has 1 aliphatic rings. The van der Waals surface area contributed by atoms with E-state index in [2.05, 4.69) is 21.2 Å². The summed E-state index contributed by atoms with van der Waals surface area (Å²) in [6, 6.07) is 6.64. The Morgan fingerprint density at radius 1 is 1.53 bits per heavy atom. The van der Waals surface area contributed by atoms with Gasteiger partial charge in [0.1, 0.15) is 0 Å². The first kappa shape index (κ1) is 11.1. The number of nitrogens with one attached hydrogen (secondary N) is 1. The van der Waals surface area contributed by atoms with Crippen LogP contribution in [0, 0.1) is 6.92 Å². The summed E-state index contributed by atoms with van der Waals surface area (Å²) in [6.07, 6.45) is 2.12. The molecule has 0 heterocycles. The Balaban J connectivity index is 1.97. The zero-order valence-electron chi connectivity index (χ0n) is 8.83. The van der Waals surface area contributed by atoms with Gasteiger partial charge in [0.2, 0.25) is 0 Å². The highest BCUT2D eigenvalue weighted by molar-refractivity contribution is 9.10. The van der Waals surface area contributed by atoms with Crippen molar-refractivity contribution in [3.8, 4) is 0 Å². The summed E-state index contributed by atoms with van der Waals surface area (Å²) in [6.45, 7) is 2.69. The molecular formula is C12H16BrNO. The lowest BCUT2D eigenvalue weighted by atomic mass is 10.1. The number of hydrogen-bond acceptors (Lipinski definition) is 2. The van der Waals surface area contributed by atoms with Gasteiger partial charge in [0.15, 0.2) is 0 Å². The maximum absolute atomic E-state index is 9.93. The molecule has 1 unspecified atom stereocenters. The molecule has 1 fully saturated rings. The van der Waals surface area contributed by atoms with Gasteiger partial charge in [0, 0.05) is 17.1 Å². The van der Waals surface area contributed by atoms with Gasteiger partial charge in [-0.1, -0.05) is 28.1 Å². The lowest BCUT2D eigenvalue weighted by Gasteiger charge is -2.13. The van der Waals surface area contributed by atoms with Crippen LogP contribution in [0.1, 0.15) is 30.1 Å². The van der Waals surface area contributed by atoms with E-state index in [0.717, 1.165) is 15.6 Å². The molecule has 1 aromatic carbocycles. The zero-order valence-corrected chi connectivity index (χ0v) is 10.4. The molecule has 1 aliphatic carbocycles. The molecule has 82 valence electrons. The summed E-state index contributed by atoms with van der Waals surface area (Å²) < 4.78 is 1.09. The number of aliphatic hydroxyl groups excluding tert-OH is 1. The van der Waals surface area contributed by atoms with Crippen LogP contribution in [0.3, 0.4) is 0 Å². The fourth-order valence-electron chi connectivity index (χ4n) is 1.56. The maximum atomic E-state index is 9.93. The zero-order chi connectivity index (χ0) is 10.8. The van der Waals surface area contributed by atoms with Gasteiger partial charge in [-0.15, -0.1) is 0 Å². The van der Waals surface area contributed by atoms with Crippen LogP contribution in [-0.4, -0.2) is 17.7 Å². The van der Waals surface area contributed by atoms with Crippen molar-refractivity contribution in [1.82, 2.24) is 5.32 Å². The van der Waals surface area contributed by atoms with Gasteiger partial charge in [-0.05, 0) is 37.0 Å². The quantitative estimate of drug-likeness (QED) is 0.881. The van der Waals surface area contributed by atoms with E-state index in [0.29, 0.717) is 12.6 Å². The van der Waals surface area contributed by atoms with E-state index in [4.69, 9.17) is 0 Å². The Labute approximate surface area is 98.8 Å². The average Bonchev–Trinajstić information content (AvgIpc) is 3.02. The summed E-state index contributed by atoms with van der Waals surface area (Å²) in [7, 11) is 0. The highest BCUT2D eigenvalue weighted by atomic mass is 79.9. The van der Waals surface area contributed by atoms with E-state index >= 15 is 0 Å². The van der Waals surface area contributed by atoms with Crippen molar-refractivity contribution in [2.24, 2.45) is 0 Å². The molecule has 2 rings (SSSR count). The van der Waals surface area contributed by atoms with Gasteiger partial charge in [0.05, 0.1) is 6.10 Å². The largest absolute Gasteiger partial charge is 0.387 e. The molecule has 0 radical (unpaired) electrons. The number of aryl methyl sites for hydroxylation is 1. The summed E-state index contributed by atoms with van der Waals surface area (Å²) in [5.41, 5.74) is 2.15. The van der Waals surface area contributed by atoms with Crippen LogP contribution in [0.5, 0.6) is 0 Å². The average molecular weight is 270 g/mol. The van der Waals surface area contributed by atoms with E-state index in [-0.39, 0.29) is 0 Å². The van der Waals surface area contributed by atoms with Crippen LogP contribution in [0.15, 0.2) is 22.7 Å². The summed E-state index contributed by atoms with van der Waals surface area (Å²) in [4.78, 5) is 0. The lowest BCUT2D eigenvalue weighted by Crippen LogP contribution is -2.23. The van der Waals surface area contributed by atoms with Gasteiger partial charge in [-0.2, -0.15) is 0 Å². The molecule has 0 saturated heterocycles. The molecule has 1 aromatic rings. The van der Waals surface area contributed by atoms with Gasteiger partial charge in [-0.3, -0.25) is 0 Å². The molecular weight excluding hydrogens is 254 g/mol. The molecule has 1 saturated carbocycles. The first-order valence-corrected chi connectivity index (χ1v) is 6.13. The molecule has 1 atom stereocenters. The highest BCUT2D eigenvalue weighted by Gasteiger charge is 2.21. The number of aliphatic hydroxyl groups is 1. The van der Waals surface area contributed by atoms with E-state index in [1.54, 1.807) is 0 Å². The van der Waals surface area contributed by atoms with Crippen LogP contribution < -0.4 is 5.32 Å². The molecule has 0 bridgehead atoms. The predicted molar refractivity (Wildman–Crippen MR) is 64.9 cm³/mol. The fraction of sp³-hybridized carbons (Fsp3) is 0.500. The van der Waals surface area contributed by atoms with Gasteiger partial charge < -0.3 is 10.4 Å². The molecule has 0 aromatic heterocycles. The maximum Gasteiger partial charge on any atom is 0.0914 e. The van der Waals surface area contributed by atoms with Crippen LogP contribution in [0.2, 0.25) is 0 Å². The second-order valence-corrected chi connectivity index (χ2v) is 5.06. The number of hydrogen-bond donors (Lipinski definition) is 2. The van der Waals surface area contributed by atoms with Gasteiger partial charge >= 0.3 is 0 Å². The van der Waals surface area contributed by atoms with E-state index in [1.165, 1.54) is 12.8 Å². The molecule has 3 heteroatoms. The Hall–Kier alpha value is -0.380. The predicted octanol–water partition coefficient (Wildman–Crippen LogP) is 2.54. The third-order valence-electron chi connectivity index (χ3n) is 2.74. The van der Waals surface area contributed by atoms with Crippen LogP contribution in [0.25, 0.3) is 0 Å². The minimum Gasteiger partial charge on any atom is -0.387 e. The molecule has 0 spiro atoms. The molecule has 0 amide bonds. The van der Waals surface area contributed by atoms with Crippen molar-refractivity contribution in [2.75, 3.05) is 6.54 Å². The van der Waals surface area contributed by atoms with E-state index in [1.807, 2.05) is 25.1 Å². The Morgan fingerprint density at radius 2 is 2.27 bits per heavy atom. The van der Waals surface area contributed by atoms with Gasteiger partial charge in [-0.25, -0.2) is 0 Å². The minimum atomic E-state index is -0.391. The molecule has 0 aliphatic heterocycles. The summed E-state index contributed by atoms with van der Waals surface area (Å²) in [5.74, 6) is 0. The van der Waals surface area contributed by atoms with Crippen molar-refractivity contribution < 1.29 is 5.11 Å². The van der Waals surface area contributed by atoms with E-state index in [9.17, 15) is 5.11 Å². The van der Waals surface area contributed by atoms with Crippen molar-refractivity contribution in [3.05, 3.63) is 33.8 Å². The third kappa shape index (κ3) is 3.03. The SMILES string of the molecule is Cc1cc(C(O)CNC2CC2)ccc1Br. The topological polar surface area (TPSA) is 32.3 Å². The Morgan fingerprint density at radius 3 is 2.87 bits per heavy atom. The van der Waals surface area contributed by atoms with Crippen LogP contribution >= 0.6 is 15.9 Å². The monoisotopic (exact) mass is 269 g/mol. The van der Waals surface area contributed by atoms with Crippen molar-refractivity contribution in [3.63, 3.8) is 0 Å². The normalized spacial score (nSPS) is 17.8. The van der Waals surface area contributed by atoms with E-state index < -0.39 is 6.10 Å². The third-order valence-corrected chi connectivity index (χ3v) is 3.63. The van der Waals surface area contributed by atoms with Crippen molar-refractivity contribution in [1.29, 1.82) is 0 Å². The summed E-state index contributed by atoms with van der Waals surface area (Å²) in [5, 5.41) is 13.3. The Bertz CT molecular complexity index is 349. The smallest absolute Gasteiger partial charge is 0.0914 e. The van der Waals surface area contributed by atoms with Crippen molar-refractivity contribution in [2.45, 2.75) is 31.9 Å². The highest BCUT2D eigenvalue weighted by Crippen LogP contribution is 2.23. The first-order valence-electron chi connectivity index (χ1n) is 5.34. The second kappa shape index (κ2) is 4.64. The molecule has 15 heavy (non-hydrogen) atoms. The Kier molecular flexibility index (Phi) is 3.44. The molecule has 2 nitrogen and oxygen atoms in total. The minimum absolute atomic E-state index is 0.391. The molecule has 2 N–H and O–H groups in total. The lowest BCUT2D eigenvalue weighted by molar-refractivity contribution is 0.174. The van der Waals surface area contributed by atoms with Crippen molar-refractivity contribution >= 4 is 15.9 Å². The number of halogens is 1. The van der Waals surface area contributed by atoms with Crippen LogP contribution in [0.4, 0.5) is 0 Å². The standard InChI is InChI=1S/C12H16BrNO/c1-8-6-9(2-5-11(8)13)12(15)7-14-10-3-4-10/h2,5-6,10,12,14-15H,3-4,7H2,1H3. The van der Waals surface area contributed by atoms with Gasteiger partial charge in [0.25, 0.3) is 0 Å². The summed E-state index contributed by atoms with van der Waals surface area (Å²) >= 11 is 3.45. The number of rotatable bonds is 4. The number of benzene rings is 1. The van der Waals surface area contributed by atoms with Crippen LogP contribution in [-0.2, 0) is 0 Å². The first-order chi connectivity index (χ1) is 7.16.